The van der Waals surface area contributed by atoms with Gasteiger partial charge in [0, 0.05) is 0 Å². The van der Waals surface area contributed by atoms with Gasteiger partial charge in [0.1, 0.15) is 5.75 Å². The van der Waals surface area contributed by atoms with Crippen LogP contribution >= 0.6 is 0 Å². The van der Waals surface area contributed by atoms with Crippen LogP contribution in [-0.2, 0) is 15.0 Å². The number of rotatable bonds is 6. The van der Waals surface area contributed by atoms with Gasteiger partial charge in [-0.1, -0.05) is 43.2 Å². The maximum atomic E-state index is 12.8. The SMILES string of the molecule is CC(C)COc1ccc(C(C)(C)C(=O)ON2C(=O)c3ccccc3C2=O)cc1. The maximum absolute atomic E-state index is 12.8. The number of carbonyl (C=O) groups excluding carboxylic acids is 3. The maximum Gasteiger partial charge on any atom is 0.343 e. The molecule has 2 amide bonds. The van der Waals surface area contributed by atoms with E-state index >= 15 is 0 Å². The van der Waals surface area contributed by atoms with Crippen molar-refractivity contribution in [1.82, 2.24) is 5.06 Å². The first-order chi connectivity index (χ1) is 13.2. The second kappa shape index (κ2) is 7.46. The molecule has 0 saturated heterocycles. The second-order valence-corrected chi connectivity index (χ2v) is 7.68. The summed E-state index contributed by atoms with van der Waals surface area (Å²) in [6.07, 6.45) is 0. The summed E-state index contributed by atoms with van der Waals surface area (Å²) >= 11 is 0. The predicted molar refractivity (Wildman–Crippen MR) is 103 cm³/mol. The molecule has 0 N–H and O–H groups in total. The van der Waals surface area contributed by atoms with E-state index in [4.69, 9.17) is 9.57 Å². The standard InChI is InChI=1S/C22H23NO5/c1-14(2)13-27-16-11-9-15(10-12-16)22(3,4)21(26)28-23-19(24)17-7-5-6-8-18(17)20(23)25/h5-12,14H,13H2,1-4H3. The largest absolute Gasteiger partial charge is 0.493 e. The number of carbonyl (C=O) groups is 3. The molecular weight excluding hydrogens is 358 g/mol. The summed E-state index contributed by atoms with van der Waals surface area (Å²) in [5.74, 6) is -0.852. The Balaban J connectivity index is 1.73. The Bertz CT molecular complexity index is 880. The molecule has 2 aromatic rings. The third-order valence-electron chi connectivity index (χ3n) is 4.60. The normalized spacial score (nSPS) is 13.7. The third-order valence-corrected chi connectivity index (χ3v) is 4.60. The first-order valence-corrected chi connectivity index (χ1v) is 9.15. The van der Waals surface area contributed by atoms with Gasteiger partial charge in [0.2, 0.25) is 0 Å². The molecule has 0 aromatic heterocycles. The number of amides is 2. The van der Waals surface area contributed by atoms with Crippen LogP contribution in [0, 0.1) is 5.92 Å². The van der Waals surface area contributed by atoms with Gasteiger partial charge < -0.3 is 9.57 Å². The first kappa shape index (κ1) is 19.6. The van der Waals surface area contributed by atoms with Gasteiger partial charge in [0.15, 0.2) is 0 Å². The Kier molecular flexibility index (Phi) is 5.23. The van der Waals surface area contributed by atoms with Gasteiger partial charge in [-0.15, -0.1) is 0 Å². The Morgan fingerprint density at radius 3 is 2.00 bits per heavy atom. The Hall–Kier alpha value is -3.15. The van der Waals surface area contributed by atoms with Crippen molar-refractivity contribution in [3.8, 4) is 5.75 Å². The lowest BCUT2D eigenvalue weighted by Gasteiger charge is -2.25. The molecule has 1 aliphatic heterocycles. The molecule has 1 aliphatic rings. The molecule has 1 heterocycles. The number of imide groups is 1. The molecule has 2 aromatic carbocycles. The van der Waals surface area contributed by atoms with Crippen molar-refractivity contribution >= 4 is 17.8 Å². The minimum Gasteiger partial charge on any atom is -0.493 e. The molecule has 0 bridgehead atoms. The number of ether oxygens (including phenoxy) is 1. The van der Waals surface area contributed by atoms with Crippen LogP contribution in [0.4, 0.5) is 0 Å². The lowest BCUT2D eigenvalue weighted by molar-refractivity contribution is -0.174. The van der Waals surface area contributed by atoms with E-state index in [1.54, 1.807) is 50.2 Å². The summed E-state index contributed by atoms with van der Waals surface area (Å²) < 4.78 is 5.65. The van der Waals surface area contributed by atoms with Gasteiger partial charge in [-0.3, -0.25) is 9.59 Å². The minimum atomic E-state index is -1.06. The van der Waals surface area contributed by atoms with E-state index in [-0.39, 0.29) is 11.1 Å². The predicted octanol–water partition coefficient (Wildman–Crippen LogP) is 3.75. The van der Waals surface area contributed by atoms with Gasteiger partial charge in [-0.05, 0) is 49.6 Å². The summed E-state index contributed by atoms with van der Waals surface area (Å²) in [5, 5.41) is 0.537. The van der Waals surface area contributed by atoms with Crippen LogP contribution < -0.4 is 4.74 Å². The van der Waals surface area contributed by atoms with Crippen molar-refractivity contribution in [2.24, 2.45) is 5.92 Å². The molecule has 0 unspecified atom stereocenters. The molecule has 0 atom stereocenters. The lowest BCUT2D eigenvalue weighted by atomic mass is 9.85. The fraction of sp³-hybridized carbons (Fsp3) is 0.318. The number of hydrogen-bond donors (Lipinski definition) is 0. The highest BCUT2D eigenvalue weighted by Crippen LogP contribution is 2.29. The van der Waals surface area contributed by atoms with Crippen LogP contribution in [0.15, 0.2) is 48.5 Å². The third kappa shape index (κ3) is 3.63. The van der Waals surface area contributed by atoms with Crippen LogP contribution in [0.2, 0.25) is 0 Å². The summed E-state index contributed by atoms with van der Waals surface area (Å²) in [6, 6.07) is 13.5. The number of nitrogens with zero attached hydrogens (tertiary/aromatic N) is 1. The van der Waals surface area contributed by atoms with Crippen LogP contribution in [0.3, 0.4) is 0 Å². The van der Waals surface area contributed by atoms with Crippen LogP contribution in [0.5, 0.6) is 5.75 Å². The van der Waals surface area contributed by atoms with Gasteiger partial charge in [-0.2, -0.15) is 0 Å². The molecule has 0 saturated carbocycles. The average Bonchev–Trinajstić information content (AvgIpc) is 2.92. The number of hydroxylamine groups is 2. The smallest absolute Gasteiger partial charge is 0.343 e. The van der Waals surface area contributed by atoms with E-state index in [9.17, 15) is 14.4 Å². The molecule has 0 aliphatic carbocycles. The minimum absolute atomic E-state index is 0.227. The highest BCUT2D eigenvalue weighted by atomic mass is 16.7. The number of fused-ring (bicyclic) bond motifs is 1. The zero-order valence-electron chi connectivity index (χ0n) is 16.4. The van der Waals surface area contributed by atoms with Crippen molar-refractivity contribution in [3.05, 3.63) is 65.2 Å². The molecule has 28 heavy (non-hydrogen) atoms. The summed E-state index contributed by atoms with van der Waals surface area (Å²) in [5.41, 5.74) is 0.0758. The van der Waals surface area contributed by atoms with Crippen molar-refractivity contribution in [1.29, 1.82) is 0 Å². The fourth-order valence-corrected chi connectivity index (χ4v) is 2.80. The summed E-state index contributed by atoms with van der Waals surface area (Å²) in [4.78, 5) is 42.8. The van der Waals surface area contributed by atoms with Gasteiger partial charge in [0.05, 0.1) is 23.1 Å². The van der Waals surface area contributed by atoms with Gasteiger partial charge >= 0.3 is 5.97 Å². The van der Waals surface area contributed by atoms with E-state index in [1.807, 2.05) is 0 Å². The lowest BCUT2D eigenvalue weighted by Crippen LogP contribution is -2.40. The quantitative estimate of drug-likeness (QED) is 0.713. The zero-order chi connectivity index (χ0) is 20.5. The average molecular weight is 381 g/mol. The molecule has 6 heteroatoms. The van der Waals surface area contributed by atoms with E-state index in [0.717, 1.165) is 0 Å². The van der Waals surface area contributed by atoms with E-state index < -0.39 is 23.2 Å². The topological polar surface area (TPSA) is 72.9 Å². The molecule has 0 spiro atoms. The molecule has 3 rings (SSSR count). The van der Waals surface area contributed by atoms with Crippen LogP contribution in [-0.4, -0.2) is 29.5 Å². The number of hydrogen-bond acceptors (Lipinski definition) is 5. The Labute approximate surface area is 164 Å². The highest BCUT2D eigenvalue weighted by molar-refractivity contribution is 6.21. The fourth-order valence-electron chi connectivity index (χ4n) is 2.80. The van der Waals surface area contributed by atoms with Crippen LogP contribution in [0.25, 0.3) is 0 Å². The Morgan fingerprint density at radius 1 is 0.964 bits per heavy atom. The highest BCUT2D eigenvalue weighted by Gasteiger charge is 2.42. The van der Waals surface area contributed by atoms with E-state index in [2.05, 4.69) is 13.8 Å². The molecule has 0 fully saturated rings. The van der Waals surface area contributed by atoms with E-state index in [0.29, 0.717) is 28.9 Å². The van der Waals surface area contributed by atoms with Gasteiger partial charge in [-0.25, -0.2) is 4.79 Å². The molecule has 6 nitrogen and oxygen atoms in total. The zero-order valence-corrected chi connectivity index (χ0v) is 16.4. The monoisotopic (exact) mass is 381 g/mol. The van der Waals surface area contributed by atoms with Crippen molar-refractivity contribution in [2.75, 3.05) is 6.61 Å². The molecule has 146 valence electrons. The molecule has 0 radical (unpaired) electrons. The van der Waals surface area contributed by atoms with Gasteiger partial charge in [0.25, 0.3) is 11.8 Å². The summed E-state index contributed by atoms with van der Waals surface area (Å²) in [6.45, 7) is 8.08. The second-order valence-electron chi connectivity index (χ2n) is 7.68. The number of benzene rings is 2. The van der Waals surface area contributed by atoms with Crippen molar-refractivity contribution in [3.63, 3.8) is 0 Å². The molecular formula is C22H23NO5. The van der Waals surface area contributed by atoms with Crippen molar-refractivity contribution < 1.29 is 24.0 Å². The van der Waals surface area contributed by atoms with Crippen molar-refractivity contribution in [2.45, 2.75) is 33.1 Å². The first-order valence-electron chi connectivity index (χ1n) is 9.15. The Morgan fingerprint density at radius 2 is 1.50 bits per heavy atom. The summed E-state index contributed by atoms with van der Waals surface area (Å²) in [7, 11) is 0. The van der Waals surface area contributed by atoms with E-state index in [1.165, 1.54) is 12.1 Å². The van der Waals surface area contributed by atoms with Crippen LogP contribution in [0.1, 0.15) is 54.0 Å².